The SMILES string of the molecule is CS(=O)(=O)CCn1ccc(NC(=O)/C=C\c2ccc(F)cc2)n1. The van der Waals surface area contributed by atoms with Gasteiger partial charge in [-0.25, -0.2) is 12.8 Å². The van der Waals surface area contributed by atoms with Crippen molar-refractivity contribution in [2.45, 2.75) is 6.54 Å². The molecule has 2 aromatic rings. The third kappa shape index (κ3) is 6.03. The molecular formula is C15H16FN3O3S. The Morgan fingerprint density at radius 1 is 1.30 bits per heavy atom. The smallest absolute Gasteiger partial charge is 0.249 e. The number of aromatic nitrogens is 2. The summed E-state index contributed by atoms with van der Waals surface area (Å²) in [6, 6.07) is 7.30. The molecule has 1 heterocycles. The number of amides is 1. The fourth-order valence-electron chi connectivity index (χ4n) is 1.73. The van der Waals surface area contributed by atoms with Gasteiger partial charge in [0, 0.05) is 24.6 Å². The molecule has 0 saturated carbocycles. The van der Waals surface area contributed by atoms with E-state index in [0.29, 0.717) is 11.4 Å². The summed E-state index contributed by atoms with van der Waals surface area (Å²) in [5.74, 6) is -0.423. The summed E-state index contributed by atoms with van der Waals surface area (Å²) >= 11 is 0. The lowest BCUT2D eigenvalue weighted by Crippen LogP contribution is -2.13. The van der Waals surface area contributed by atoms with E-state index >= 15 is 0 Å². The van der Waals surface area contributed by atoms with Crippen LogP contribution in [0.25, 0.3) is 6.08 Å². The Balaban J connectivity index is 1.90. The maximum Gasteiger partial charge on any atom is 0.249 e. The standard InChI is InChI=1S/C15H16FN3O3S/c1-23(21,22)11-10-19-9-8-14(18-19)17-15(20)7-4-12-2-5-13(16)6-3-12/h2-9H,10-11H2,1H3,(H,17,18,20)/b7-4-. The summed E-state index contributed by atoms with van der Waals surface area (Å²) in [5.41, 5.74) is 0.695. The number of sulfone groups is 1. The summed E-state index contributed by atoms with van der Waals surface area (Å²) < 4.78 is 36.4. The molecule has 1 amide bonds. The molecule has 0 spiro atoms. The predicted octanol–water partition coefficient (Wildman–Crippen LogP) is 1.72. The third-order valence-corrected chi connectivity index (χ3v) is 3.80. The van der Waals surface area contributed by atoms with Gasteiger partial charge >= 0.3 is 0 Å². The van der Waals surface area contributed by atoms with Crippen LogP contribution < -0.4 is 5.32 Å². The minimum atomic E-state index is -3.06. The highest BCUT2D eigenvalue weighted by atomic mass is 32.2. The van der Waals surface area contributed by atoms with E-state index in [0.717, 1.165) is 6.26 Å². The van der Waals surface area contributed by atoms with E-state index in [4.69, 9.17) is 0 Å². The van der Waals surface area contributed by atoms with Gasteiger partial charge in [-0.3, -0.25) is 9.48 Å². The molecule has 1 aromatic heterocycles. The Hall–Kier alpha value is -2.48. The number of anilines is 1. The third-order valence-electron chi connectivity index (χ3n) is 2.88. The van der Waals surface area contributed by atoms with E-state index in [9.17, 15) is 17.6 Å². The lowest BCUT2D eigenvalue weighted by molar-refractivity contribution is -0.111. The van der Waals surface area contributed by atoms with Crippen molar-refractivity contribution >= 4 is 27.6 Å². The Labute approximate surface area is 133 Å². The molecule has 1 aromatic carbocycles. The van der Waals surface area contributed by atoms with Crippen molar-refractivity contribution in [1.29, 1.82) is 0 Å². The molecule has 6 nitrogen and oxygen atoms in total. The van der Waals surface area contributed by atoms with Crippen LogP contribution in [0.1, 0.15) is 5.56 Å². The van der Waals surface area contributed by atoms with Crippen molar-refractivity contribution in [3.63, 3.8) is 0 Å². The van der Waals surface area contributed by atoms with Crippen LogP contribution in [0.3, 0.4) is 0 Å². The number of halogens is 1. The number of hydrogen-bond donors (Lipinski definition) is 1. The van der Waals surface area contributed by atoms with Gasteiger partial charge < -0.3 is 5.32 Å². The monoisotopic (exact) mass is 337 g/mol. The molecule has 122 valence electrons. The number of benzene rings is 1. The van der Waals surface area contributed by atoms with E-state index in [1.165, 1.54) is 22.9 Å². The van der Waals surface area contributed by atoms with Gasteiger partial charge in [0.05, 0.1) is 12.3 Å². The fourth-order valence-corrected chi connectivity index (χ4v) is 2.24. The van der Waals surface area contributed by atoms with E-state index < -0.39 is 9.84 Å². The topological polar surface area (TPSA) is 81.1 Å². The van der Waals surface area contributed by atoms with Crippen LogP contribution in [-0.4, -0.2) is 36.1 Å². The van der Waals surface area contributed by atoms with Crippen LogP contribution in [0.2, 0.25) is 0 Å². The normalized spacial score (nSPS) is 11.7. The second-order valence-corrected chi connectivity index (χ2v) is 7.23. The van der Waals surface area contributed by atoms with Gasteiger partial charge in [-0.05, 0) is 23.8 Å². The van der Waals surface area contributed by atoms with Crippen molar-refractivity contribution in [2.24, 2.45) is 0 Å². The lowest BCUT2D eigenvalue weighted by atomic mass is 10.2. The summed E-state index contributed by atoms with van der Waals surface area (Å²) in [4.78, 5) is 11.8. The molecule has 0 aliphatic carbocycles. The minimum absolute atomic E-state index is 0.0213. The maximum atomic E-state index is 12.8. The quantitative estimate of drug-likeness (QED) is 0.814. The van der Waals surface area contributed by atoms with Gasteiger partial charge in [0.15, 0.2) is 5.82 Å². The number of carbonyl (C=O) groups is 1. The first-order valence-corrected chi connectivity index (χ1v) is 8.84. The van der Waals surface area contributed by atoms with Crippen molar-refractivity contribution in [1.82, 2.24) is 9.78 Å². The first kappa shape index (κ1) is 16.9. The second kappa shape index (κ2) is 7.19. The Bertz CT molecular complexity index is 811. The Kier molecular flexibility index (Phi) is 5.28. The lowest BCUT2D eigenvalue weighted by Gasteiger charge is -2.00. The zero-order valence-corrected chi connectivity index (χ0v) is 13.3. The zero-order valence-electron chi connectivity index (χ0n) is 12.4. The molecule has 23 heavy (non-hydrogen) atoms. The molecule has 0 bridgehead atoms. The van der Waals surface area contributed by atoms with E-state index in [1.54, 1.807) is 30.5 Å². The van der Waals surface area contributed by atoms with Crippen LogP contribution in [-0.2, 0) is 21.2 Å². The number of nitrogens with one attached hydrogen (secondary N) is 1. The second-order valence-electron chi connectivity index (χ2n) is 4.97. The van der Waals surface area contributed by atoms with Crippen molar-refractivity contribution < 1.29 is 17.6 Å². The number of hydrogen-bond acceptors (Lipinski definition) is 4. The van der Waals surface area contributed by atoms with Crippen molar-refractivity contribution in [2.75, 3.05) is 17.3 Å². The summed E-state index contributed by atoms with van der Waals surface area (Å²) in [6.07, 6.45) is 5.60. The number of aryl methyl sites for hydroxylation is 1. The van der Waals surface area contributed by atoms with Crippen molar-refractivity contribution in [3.8, 4) is 0 Å². The van der Waals surface area contributed by atoms with Gasteiger partial charge in [0.25, 0.3) is 0 Å². The molecule has 0 aliphatic rings. The molecule has 0 radical (unpaired) electrons. The van der Waals surface area contributed by atoms with Gasteiger partial charge in [0.2, 0.25) is 5.91 Å². The first-order valence-electron chi connectivity index (χ1n) is 6.78. The van der Waals surface area contributed by atoms with E-state index in [2.05, 4.69) is 10.4 Å². The fraction of sp³-hybridized carbons (Fsp3) is 0.200. The molecule has 0 atom stereocenters. The van der Waals surface area contributed by atoms with E-state index in [-0.39, 0.29) is 24.0 Å². The van der Waals surface area contributed by atoms with Gasteiger partial charge in [-0.1, -0.05) is 12.1 Å². The minimum Gasteiger partial charge on any atom is -0.306 e. The highest BCUT2D eigenvalue weighted by Gasteiger charge is 2.05. The van der Waals surface area contributed by atoms with Crippen LogP contribution >= 0.6 is 0 Å². The number of carbonyl (C=O) groups excluding carboxylic acids is 1. The average Bonchev–Trinajstić information content (AvgIpc) is 2.91. The molecule has 0 saturated heterocycles. The molecule has 0 aliphatic heterocycles. The van der Waals surface area contributed by atoms with Gasteiger partial charge in [0.1, 0.15) is 15.7 Å². The van der Waals surface area contributed by atoms with Gasteiger partial charge in [-0.2, -0.15) is 5.10 Å². The van der Waals surface area contributed by atoms with Crippen LogP contribution in [0.15, 0.2) is 42.6 Å². The maximum absolute atomic E-state index is 12.8. The molecule has 8 heteroatoms. The summed E-state index contributed by atoms with van der Waals surface area (Å²) in [6.45, 7) is 0.222. The average molecular weight is 337 g/mol. The molecular weight excluding hydrogens is 321 g/mol. The molecule has 0 unspecified atom stereocenters. The van der Waals surface area contributed by atoms with Gasteiger partial charge in [-0.15, -0.1) is 0 Å². The summed E-state index contributed by atoms with van der Waals surface area (Å²) in [7, 11) is -3.06. The predicted molar refractivity (Wildman–Crippen MR) is 86.0 cm³/mol. The zero-order chi connectivity index (χ0) is 16.9. The number of rotatable bonds is 6. The molecule has 1 N–H and O–H groups in total. The molecule has 0 fully saturated rings. The summed E-state index contributed by atoms with van der Waals surface area (Å²) in [5, 5.41) is 6.62. The molecule has 2 rings (SSSR count). The highest BCUT2D eigenvalue weighted by Crippen LogP contribution is 2.06. The number of nitrogens with zero attached hydrogens (tertiary/aromatic N) is 2. The Morgan fingerprint density at radius 2 is 2.00 bits per heavy atom. The largest absolute Gasteiger partial charge is 0.306 e. The Morgan fingerprint density at radius 3 is 2.65 bits per heavy atom. The van der Waals surface area contributed by atoms with E-state index in [1.807, 2.05) is 0 Å². The van der Waals surface area contributed by atoms with Crippen LogP contribution in [0.5, 0.6) is 0 Å². The first-order chi connectivity index (χ1) is 10.8. The van der Waals surface area contributed by atoms with Crippen LogP contribution in [0, 0.1) is 5.82 Å². The van der Waals surface area contributed by atoms with Crippen LogP contribution in [0.4, 0.5) is 10.2 Å². The highest BCUT2D eigenvalue weighted by molar-refractivity contribution is 7.90. The van der Waals surface area contributed by atoms with Crippen molar-refractivity contribution in [3.05, 3.63) is 54.0 Å².